The van der Waals surface area contributed by atoms with E-state index in [0.717, 1.165) is 0 Å². The SMILES string of the molecule is CC(C)C(=O)CNCCNC(=O)C(C)C. The molecule has 0 rings (SSSR count). The van der Waals surface area contributed by atoms with E-state index in [2.05, 4.69) is 10.6 Å². The number of carbonyl (C=O) groups excluding carboxylic acids is 2. The van der Waals surface area contributed by atoms with Crippen LogP contribution in [0.25, 0.3) is 0 Å². The highest BCUT2D eigenvalue weighted by molar-refractivity contribution is 5.82. The molecule has 1 amide bonds. The molecule has 0 saturated carbocycles. The molecule has 88 valence electrons. The lowest BCUT2D eigenvalue weighted by atomic mass is 10.1. The maximum Gasteiger partial charge on any atom is 0.222 e. The van der Waals surface area contributed by atoms with Crippen LogP contribution < -0.4 is 10.6 Å². The maximum absolute atomic E-state index is 11.2. The van der Waals surface area contributed by atoms with Gasteiger partial charge in [-0.3, -0.25) is 9.59 Å². The zero-order valence-corrected chi connectivity index (χ0v) is 10.1. The standard InChI is InChI=1S/C11H22N2O2/c1-8(2)10(14)7-12-5-6-13-11(15)9(3)4/h8-9,12H,5-7H2,1-4H3,(H,13,15). The van der Waals surface area contributed by atoms with Crippen molar-refractivity contribution in [1.29, 1.82) is 0 Å². The van der Waals surface area contributed by atoms with Crippen LogP contribution in [0.15, 0.2) is 0 Å². The molecule has 2 N–H and O–H groups in total. The fourth-order valence-corrected chi connectivity index (χ4v) is 0.894. The fraction of sp³-hybridized carbons (Fsp3) is 0.818. The van der Waals surface area contributed by atoms with Gasteiger partial charge in [0, 0.05) is 24.9 Å². The second kappa shape index (κ2) is 7.40. The number of rotatable bonds is 7. The van der Waals surface area contributed by atoms with Crippen LogP contribution in [-0.4, -0.2) is 31.3 Å². The summed E-state index contributed by atoms with van der Waals surface area (Å²) in [6, 6.07) is 0. The Morgan fingerprint density at radius 2 is 1.60 bits per heavy atom. The number of hydrogen-bond acceptors (Lipinski definition) is 3. The summed E-state index contributed by atoms with van der Waals surface area (Å²) in [5.74, 6) is 0.335. The molecule has 0 aromatic carbocycles. The average molecular weight is 214 g/mol. The van der Waals surface area contributed by atoms with E-state index < -0.39 is 0 Å². The van der Waals surface area contributed by atoms with Gasteiger partial charge >= 0.3 is 0 Å². The van der Waals surface area contributed by atoms with E-state index in [1.165, 1.54) is 0 Å². The summed E-state index contributed by atoms with van der Waals surface area (Å²) in [5.41, 5.74) is 0. The third kappa shape index (κ3) is 7.08. The second-order valence-electron chi connectivity index (χ2n) is 4.24. The van der Waals surface area contributed by atoms with Crippen molar-refractivity contribution in [1.82, 2.24) is 10.6 Å². The van der Waals surface area contributed by atoms with Gasteiger partial charge < -0.3 is 10.6 Å². The third-order valence-corrected chi connectivity index (χ3v) is 2.07. The van der Waals surface area contributed by atoms with Crippen LogP contribution in [0, 0.1) is 11.8 Å². The Hall–Kier alpha value is -0.900. The summed E-state index contributed by atoms with van der Waals surface area (Å²) in [6.45, 7) is 9.06. The van der Waals surface area contributed by atoms with Gasteiger partial charge in [-0.25, -0.2) is 0 Å². The van der Waals surface area contributed by atoms with Crippen LogP contribution in [-0.2, 0) is 9.59 Å². The summed E-state index contributed by atoms with van der Waals surface area (Å²) in [4.78, 5) is 22.3. The van der Waals surface area contributed by atoms with E-state index in [9.17, 15) is 9.59 Å². The van der Waals surface area contributed by atoms with E-state index in [1.54, 1.807) is 0 Å². The van der Waals surface area contributed by atoms with Crippen molar-refractivity contribution in [2.75, 3.05) is 19.6 Å². The normalized spacial score (nSPS) is 10.8. The lowest BCUT2D eigenvalue weighted by Crippen LogP contribution is -2.36. The first kappa shape index (κ1) is 14.1. The van der Waals surface area contributed by atoms with Crippen LogP contribution in [0.2, 0.25) is 0 Å². The van der Waals surface area contributed by atoms with E-state index in [1.807, 2.05) is 27.7 Å². The molecular formula is C11H22N2O2. The Morgan fingerprint density at radius 1 is 1.00 bits per heavy atom. The highest BCUT2D eigenvalue weighted by Crippen LogP contribution is 1.91. The molecule has 0 heterocycles. The Bertz CT molecular complexity index is 191. The zero-order chi connectivity index (χ0) is 11.8. The second-order valence-corrected chi connectivity index (χ2v) is 4.24. The van der Waals surface area contributed by atoms with Gasteiger partial charge in [0.2, 0.25) is 5.91 Å². The number of nitrogens with one attached hydrogen (secondary N) is 2. The van der Waals surface area contributed by atoms with Crippen molar-refractivity contribution in [2.45, 2.75) is 27.7 Å². The van der Waals surface area contributed by atoms with Crippen molar-refractivity contribution in [2.24, 2.45) is 11.8 Å². The quantitative estimate of drug-likeness (QED) is 0.609. The topological polar surface area (TPSA) is 58.2 Å². The van der Waals surface area contributed by atoms with Gasteiger partial charge in [-0.2, -0.15) is 0 Å². The van der Waals surface area contributed by atoms with Crippen LogP contribution in [0.4, 0.5) is 0 Å². The van der Waals surface area contributed by atoms with Crippen LogP contribution >= 0.6 is 0 Å². The molecule has 0 radical (unpaired) electrons. The van der Waals surface area contributed by atoms with Crippen molar-refractivity contribution in [3.8, 4) is 0 Å². The van der Waals surface area contributed by atoms with Crippen molar-refractivity contribution in [3.63, 3.8) is 0 Å². The number of amides is 1. The minimum Gasteiger partial charge on any atom is -0.355 e. The van der Waals surface area contributed by atoms with Gasteiger partial charge in [-0.15, -0.1) is 0 Å². The molecule has 0 aromatic heterocycles. The number of carbonyl (C=O) groups is 2. The molecule has 4 heteroatoms. The monoisotopic (exact) mass is 214 g/mol. The van der Waals surface area contributed by atoms with Crippen LogP contribution in [0.1, 0.15) is 27.7 Å². The Morgan fingerprint density at radius 3 is 2.07 bits per heavy atom. The first-order chi connectivity index (χ1) is 6.95. The molecule has 0 atom stereocenters. The first-order valence-electron chi connectivity index (χ1n) is 5.46. The minimum absolute atomic E-state index is 0.0160. The highest BCUT2D eigenvalue weighted by Gasteiger charge is 2.07. The first-order valence-corrected chi connectivity index (χ1v) is 5.46. The van der Waals surface area contributed by atoms with E-state index in [-0.39, 0.29) is 23.5 Å². The van der Waals surface area contributed by atoms with Gasteiger partial charge in [0.15, 0.2) is 0 Å². The summed E-state index contributed by atoms with van der Waals surface area (Å²) < 4.78 is 0. The Kier molecular flexibility index (Phi) is 6.96. The minimum atomic E-state index is 0.0160. The predicted octanol–water partition coefficient (Wildman–Crippen LogP) is 0.573. The molecule has 0 unspecified atom stereocenters. The largest absolute Gasteiger partial charge is 0.355 e. The summed E-state index contributed by atoms with van der Waals surface area (Å²) in [6.07, 6.45) is 0. The maximum atomic E-state index is 11.2. The lowest BCUT2D eigenvalue weighted by molar-refractivity contribution is -0.123. The van der Waals surface area contributed by atoms with E-state index in [4.69, 9.17) is 0 Å². The van der Waals surface area contributed by atoms with E-state index >= 15 is 0 Å². The Labute approximate surface area is 91.8 Å². The van der Waals surface area contributed by atoms with Crippen molar-refractivity contribution >= 4 is 11.7 Å². The van der Waals surface area contributed by atoms with Crippen molar-refractivity contribution in [3.05, 3.63) is 0 Å². The number of ketones is 1. The number of hydrogen-bond donors (Lipinski definition) is 2. The highest BCUT2D eigenvalue weighted by atomic mass is 16.1. The molecule has 0 aliphatic rings. The van der Waals surface area contributed by atoms with Crippen LogP contribution in [0.5, 0.6) is 0 Å². The van der Waals surface area contributed by atoms with Gasteiger partial charge in [0.05, 0.1) is 6.54 Å². The van der Waals surface area contributed by atoms with Gasteiger partial charge in [-0.1, -0.05) is 27.7 Å². The predicted molar refractivity (Wildman–Crippen MR) is 60.6 cm³/mol. The van der Waals surface area contributed by atoms with Gasteiger partial charge in [0.1, 0.15) is 5.78 Å². The molecule has 15 heavy (non-hydrogen) atoms. The summed E-state index contributed by atoms with van der Waals surface area (Å²) in [7, 11) is 0. The summed E-state index contributed by atoms with van der Waals surface area (Å²) in [5, 5.41) is 5.77. The molecule has 0 spiro atoms. The van der Waals surface area contributed by atoms with E-state index in [0.29, 0.717) is 19.6 Å². The molecule has 0 bridgehead atoms. The zero-order valence-electron chi connectivity index (χ0n) is 10.1. The fourth-order valence-electron chi connectivity index (χ4n) is 0.894. The molecule has 0 aliphatic carbocycles. The third-order valence-electron chi connectivity index (χ3n) is 2.07. The molecular weight excluding hydrogens is 192 g/mol. The molecule has 0 aromatic rings. The van der Waals surface area contributed by atoms with Gasteiger partial charge in [0.25, 0.3) is 0 Å². The smallest absolute Gasteiger partial charge is 0.222 e. The molecule has 4 nitrogen and oxygen atoms in total. The van der Waals surface area contributed by atoms with Gasteiger partial charge in [-0.05, 0) is 0 Å². The molecule has 0 fully saturated rings. The number of Topliss-reactive ketones (excluding diaryl/α,β-unsaturated/α-hetero) is 1. The summed E-state index contributed by atoms with van der Waals surface area (Å²) >= 11 is 0. The molecule has 0 aliphatic heterocycles. The lowest BCUT2D eigenvalue weighted by Gasteiger charge is -2.09. The Balaban J connectivity index is 3.40. The van der Waals surface area contributed by atoms with Crippen LogP contribution in [0.3, 0.4) is 0 Å². The van der Waals surface area contributed by atoms with Crippen molar-refractivity contribution < 1.29 is 9.59 Å². The average Bonchev–Trinajstić information content (AvgIpc) is 2.16. The molecule has 0 saturated heterocycles.